The van der Waals surface area contributed by atoms with Gasteiger partial charge in [0, 0.05) is 5.69 Å². The molecule has 0 atom stereocenters. The molecule has 32 heavy (non-hydrogen) atoms. The molecule has 4 heteroatoms. The maximum absolute atomic E-state index is 12.6. The first-order valence-electron chi connectivity index (χ1n) is 10.3. The van der Waals surface area contributed by atoms with E-state index in [9.17, 15) is 10.1 Å². The number of rotatable bonds is 6. The van der Waals surface area contributed by atoms with E-state index in [0.29, 0.717) is 12.3 Å². The van der Waals surface area contributed by atoms with Crippen LogP contribution in [0, 0.1) is 18.3 Å². The van der Waals surface area contributed by atoms with Gasteiger partial charge in [0.25, 0.3) is 5.91 Å². The average Bonchev–Trinajstić information content (AvgIpc) is 2.82. The second-order valence-corrected chi connectivity index (χ2v) is 7.53. The smallest absolute Gasteiger partial charge is 0.266 e. The van der Waals surface area contributed by atoms with Crippen molar-refractivity contribution in [2.75, 3.05) is 5.32 Å². The van der Waals surface area contributed by atoms with Gasteiger partial charge in [-0.3, -0.25) is 4.79 Å². The zero-order valence-corrected chi connectivity index (χ0v) is 17.7. The van der Waals surface area contributed by atoms with Crippen molar-refractivity contribution < 1.29 is 9.53 Å². The fraction of sp³-hybridized carbons (Fsp3) is 0.0714. The first-order valence-corrected chi connectivity index (χ1v) is 10.3. The second-order valence-electron chi connectivity index (χ2n) is 7.53. The second kappa shape index (κ2) is 9.63. The number of fused-ring (bicyclic) bond motifs is 1. The molecule has 0 aliphatic heterocycles. The zero-order valence-electron chi connectivity index (χ0n) is 17.7. The molecule has 0 fully saturated rings. The number of carbonyl (C=O) groups excluding carboxylic acids is 1. The lowest BCUT2D eigenvalue weighted by Gasteiger charge is -2.08. The average molecular weight is 418 g/mol. The maximum Gasteiger partial charge on any atom is 0.266 e. The van der Waals surface area contributed by atoms with E-state index in [1.807, 2.05) is 97.9 Å². The van der Waals surface area contributed by atoms with Crippen molar-refractivity contribution in [3.05, 3.63) is 113 Å². The minimum atomic E-state index is -0.442. The Bertz CT molecular complexity index is 1330. The van der Waals surface area contributed by atoms with E-state index in [1.165, 1.54) is 5.56 Å². The Morgan fingerprint density at radius 1 is 0.938 bits per heavy atom. The summed E-state index contributed by atoms with van der Waals surface area (Å²) >= 11 is 0. The van der Waals surface area contributed by atoms with Crippen molar-refractivity contribution in [1.29, 1.82) is 5.26 Å². The van der Waals surface area contributed by atoms with Crippen molar-refractivity contribution >= 4 is 28.4 Å². The van der Waals surface area contributed by atoms with E-state index in [4.69, 9.17) is 4.74 Å². The van der Waals surface area contributed by atoms with E-state index < -0.39 is 5.91 Å². The number of benzene rings is 4. The molecule has 0 spiro atoms. The number of aryl methyl sites for hydroxylation is 1. The highest BCUT2D eigenvalue weighted by atomic mass is 16.5. The summed E-state index contributed by atoms with van der Waals surface area (Å²) in [5, 5.41) is 14.4. The van der Waals surface area contributed by atoms with Crippen LogP contribution in [0.15, 0.2) is 96.6 Å². The van der Waals surface area contributed by atoms with Crippen LogP contribution in [0.1, 0.15) is 16.7 Å². The predicted octanol–water partition coefficient (Wildman–Crippen LogP) is 6.27. The normalized spacial score (nSPS) is 11.1. The summed E-state index contributed by atoms with van der Waals surface area (Å²) in [6, 6.07) is 31.0. The van der Waals surface area contributed by atoms with Gasteiger partial charge in [-0.2, -0.15) is 5.26 Å². The lowest BCUT2D eigenvalue weighted by atomic mass is 10.1. The standard InChI is InChI=1S/C28H22N2O2/c1-20-5-4-6-22(15-20)19-32-27-13-9-21(10-14-27)16-25(18-29)28(31)30-26-12-11-23-7-2-3-8-24(23)17-26/h2-17H,19H2,1H3,(H,30,31)/b25-16-. The van der Waals surface area contributed by atoms with Crippen molar-refractivity contribution in [2.24, 2.45) is 0 Å². The lowest BCUT2D eigenvalue weighted by molar-refractivity contribution is -0.112. The number of carbonyl (C=O) groups is 1. The predicted molar refractivity (Wildman–Crippen MR) is 128 cm³/mol. The van der Waals surface area contributed by atoms with E-state index in [-0.39, 0.29) is 5.57 Å². The highest BCUT2D eigenvalue weighted by molar-refractivity contribution is 6.10. The van der Waals surface area contributed by atoms with Crippen molar-refractivity contribution in [3.8, 4) is 11.8 Å². The number of anilines is 1. The SMILES string of the molecule is Cc1cccc(COc2ccc(/C=C(/C#N)C(=O)Nc3ccc4ccccc4c3)cc2)c1. The molecule has 4 nitrogen and oxygen atoms in total. The minimum absolute atomic E-state index is 0.0339. The Hall–Kier alpha value is -4.36. The number of nitrogens with one attached hydrogen (secondary N) is 1. The van der Waals surface area contributed by atoms with Gasteiger partial charge in [-0.05, 0) is 59.2 Å². The van der Waals surface area contributed by atoms with E-state index in [1.54, 1.807) is 6.08 Å². The molecule has 0 unspecified atom stereocenters. The third kappa shape index (κ3) is 5.21. The van der Waals surface area contributed by atoms with E-state index in [0.717, 1.165) is 27.6 Å². The number of hydrogen-bond acceptors (Lipinski definition) is 3. The van der Waals surface area contributed by atoms with E-state index >= 15 is 0 Å². The number of nitriles is 1. The van der Waals surface area contributed by atoms with Crippen LogP contribution < -0.4 is 10.1 Å². The van der Waals surface area contributed by atoms with Crippen LogP contribution in [0.5, 0.6) is 5.75 Å². The van der Waals surface area contributed by atoms with Gasteiger partial charge in [-0.15, -0.1) is 0 Å². The summed E-state index contributed by atoms with van der Waals surface area (Å²) in [5.41, 5.74) is 3.73. The molecular formula is C28H22N2O2. The fourth-order valence-electron chi connectivity index (χ4n) is 3.41. The van der Waals surface area contributed by atoms with Crippen molar-refractivity contribution in [2.45, 2.75) is 13.5 Å². The largest absolute Gasteiger partial charge is 0.489 e. The van der Waals surface area contributed by atoms with Gasteiger partial charge < -0.3 is 10.1 Å². The Morgan fingerprint density at radius 2 is 1.72 bits per heavy atom. The quantitative estimate of drug-likeness (QED) is 0.296. The molecule has 4 aromatic rings. The van der Waals surface area contributed by atoms with Gasteiger partial charge in [0.05, 0.1) is 0 Å². The molecule has 0 saturated carbocycles. The van der Waals surface area contributed by atoms with Crippen LogP contribution in [-0.4, -0.2) is 5.91 Å². The molecule has 4 rings (SSSR count). The molecular weight excluding hydrogens is 396 g/mol. The molecule has 0 bridgehead atoms. The summed E-state index contributed by atoms with van der Waals surface area (Å²) < 4.78 is 5.83. The Morgan fingerprint density at radius 3 is 2.47 bits per heavy atom. The molecule has 0 aromatic heterocycles. The van der Waals surface area contributed by atoms with Crippen LogP contribution >= 0.6 is 0 Å². The zero-order chi connectivity index (χ0) is 22.3. The highest BCUT2D eigenvalue weighted by Crippen LogP contribution is 2.20. The Balaban J connectivity index is 1.42. The van der Waals surface area contributed by atoms with Crippen LogP contribution in [0.25, 0.3) is 16.8 Å². The van der Waals surface area contributed by atoms with Gasteiger partial charge in [0.1, 0.15) is 24.0 Å². The molecule has 156 valence electrons. The summed E-state index contributed by atoms with van der Waals surface area (Å²) in [7, 11) is 0. The van der Waals surface area contributed by atoms with Crippen LogP contribution in [0.2, 0.25) is 0 Å². The van der Waals surface area contributed by atoms with Gasteiger partial charge in [0.15, 0.2) is 0 Å². The molecule has 0 heterocycles. The molecule has 0 aliphatic carbocycles. The van der Waals surface area contributed by atoms with Crippen molar-refractivity contribution in [3.63, 3.8) is 0 Å². The molecule has 1 amide bonds. The van der Waals surface area contributed by atoms with Gasteiger partial charge >= 0.3 is 0 Å². The highest BCUT2D eigenvalue weighted by Gasteiger charge is 2.10. The number of nitrogens with zero attached hydrogens (tertiary/aromatic N) is 1. The summed E-state index contributed by atoms with van der Waals surface area (Å²) in [4.78, 5) is 12.6. The first kappa shape index (κ1) is 20.9. The van der Waals surface area contributed by atoms with Gasteiger partial charge in [-0.25, -0.2) is 0 Å². The monoisotopic (exact) mass is 418 g/mol. The Labute approximate surface area is 187 Å². The topological polar surface area (TPSA) is 62.1 Å². The molecule has 0 saturated heterocycles. The third-order valence-electron chi connectivity index (χ3n) is 5.05. The van der Waals surface area contributed by atoms with Crippen LogP contribution in [0.4, 0.5) is 5.69 Å². The third-order valence-corrected chi connectivity index (χ3v) is 5.05. The first-order chi connectivity index (χ1) is 15.6. The Kier molecular flexibility index (Phi) is 6.29. The summed E-state index contributed by atoms with van der Waals surface area (Å²) in [6.07, 6.45) is 1.57. The van der Waals surface area contributed by atoms with Gasteiger partial charge in [-0.1, -0.05) is 72.3 Å². The van der Waals surface area contributed by atoms with Gasteiger partial charge in [0.2, 0.25) is 0 Å². The number of ether oxygens (including phenoxy) is 1. The summed E-state index contributed by atoms with van der Waals surface area (Å²) in [5.74, 6) is 0.283. The van der Waals surface area contributed by atoms with Crippen molar-refractivity contribution in [1.82, 2.24) is 0 Å². The molecule has 1 N–H and O–H groups in total. The number of amides is 1. The summed E-state index contributed by atoms with van der Waals surface area (Å²) in [6.45, 7) is 2.53. The molecule has 0 aliphatic rings. The lowest BCUT2D eigenvalue weighted by Crippen LogP contribution is -2.13. The number of hydrogen-bond donors (Lipinski definition) is 1. The van der Waals surface area contributed by atoms with Crippen LogP contribution in [0.3, 0.4) is 0 Å². The fourth-order valence-corrected chi connectivity index (χ4v) is 3.41. The molecule has 4 aromatic carbocycles. The maximum atomic E-state index is 12.6. The minimum Gasteiger partial charge on any atom is -0.489 e. The molecule has 0 radical (unpaired) electrons. The van der Waals surface area contributed by atoms with E-state index in [2.05, 4.69) is 11.4 Å². The van der Waals surface area contributed by atoms with Crippen LogP contribution in [-0.2, 0) is 11.4 Å².